The molecule has 0 spiro atoms. The highest BCUT2D eigenvalue weighted by atomic mass is 32.2. The fourth-order valence-electron chi connectivity index (χ4n) is 1.28. The average molecular weight is 262 g/mol. The first kappa shape index (κ1) is 13.2. The first-order valence-electron chi connectivity index (χ1n) is 4.80. The van der Waals surface area contributed by atoms with Crippen molar-refractivity contribution < 1.29 is 16.8 Å². The Balaban J connectivity index is 3.15. The zero-order valence-corrected chi connectivity index (χ0v) is 10.8. The molecule has 0 fully saturated rings. The largest absolute Gasteiger partial charge is 0.224 e. The van der Waals surface area contributed by atoms with Gasteiger partial charge >= 0.3 is 0 Å². The standard InChI is InChI=1S/C10H14O4S2/c1-3-8-16(13,14)10-6-4-9(5-7-10)15(2,11)12/h4-7H,3,8H2,1-2H3. The third-order valence-corrected chi connectivity index (χ3v) is 5.15. The van der Waals surface area contributed by atoms with Gasteiger partial charge in [0.25, 0.3) is 0 Å². The van der Waals surface area contributed by atoms with Crippen LogP contribution in [0.4, 0.5) is 0 Å². The molecule has 0 saturated carbocycles. The van der Waals surface area contributed by atoms with E-state index in [2.05, 4.69) is 0 Å². The number of hydrogen-bond donors (Lipinski definition) is 0. The van der Waals surface area contributed by atoms with Gasteiger partial charge in [0.1, 0.15) is 0 Å². The lowest BCUT2D eigenvalue weighted by Gasteiger charge is -2.03. The van der Waals surface area contributed by atoms with Crippen molar-refractivity contribution in [3.8, 4) is 0 Å². The van der Waals surface area contributed by atoms with E-state index >= 15 is 0 Å². The summed E-state index contributed by atoms with van der Waals surface area (Å²) in [5.74, 6) is 0.0746. The molecule has 0 aliphatic carbocycles. The van der Waals surface area contributed by atoms with Crippen molar-refractivity contribution in [3.63, 3.8) is 0 Å². The molecule has 0 heterocycles. The quantitative estimate of drug-likeness (QED) is 0.819. The molecule has 1 aromatic rings. The lowest BCUT2D eigenvalue weighted by atomic mass is 10.4. The third kappa shape index (κ3) is 3.05. The molecule has 1 rings (SSSR count). The normalized spacial score (nSPS) is 12.6. The second-order valence-corrected chi connectivity index (χ2v) is 7.69. The van der Waals surface area contributed by atoms with Crippen molar-refractivity contribution in [2.45, 2.75) is 23.1 Å². The number of benzene rings is 1. The minimum atomic E-state index is -3.27. The molecule has 0 radical (unpaired) electrons. The second-order valence-electron chi connectivity index (χ2n) is 3.56. The van der Waals surface area contributed by atoms with Gasteiger partial charge in [0.05, 0.1) is 15.5 Å². The molecule has 0 bridgehead atoms. The van der Waals surface area contributed by atoms with Crippen molar-refractivity contribution in [1.82, 2.24) is 0 Å². The van der Waals surface area contributed by atoms with Crippen LogP contribution in [0.15, 0.2) is 34.1 Å². The van der Waals surface area contributed by atoms with Gasteiger partial charge in [-0.2, -0.15) is 0 Å². The Morgan fingerprint density at radius 2 is 1.38 bits per heavy atom. The number of sulfone groups is 2. The van der Waals surface area contributed by atoms with E-state index in [1.807, 2.05) is 0 Å². The summed E-state index contributed by atoms with van der Waals surface area (Å²) in [4.78, 5) is 0.296. The molecule has 6 heteroatoms. The van der Waals surface area contributed by atoms with E-state index < -0.39 is 19.7 Å². The highest BCUT2D eigenvalue weighted by Crippen LogP contribution is 2.16. The molecule has 0 aliphatic heterocycles. The summed E-state index contributed by atoms with van der Waals surface area (Å²) >= 11 is 0. The zero-order chi connectivity index (χ0) is 12.4. The van der Waals surface area contributed by atoms with Crippen molar-refractivity contribution in [2.24, 2.45) is 0 Å². The summed E-state index contributed by atoms with van der Waals surface area (Å²) < 4.78 is 45.6. The topological polar surface area (TPSA) is 68.3 Å². The molecule has 16 heavy (non-hydrogen) atoms. The van der Waals surface area contributed by atoms with Gasteiger partial charge in [-0.3, -0.25) is 0 Å². The Morgan fingerprint density at radius 1 is 0.938 bits per heavy atom. The molecule has 1 aromatic carbocycles. The molecular formula is C10H14O4S2. The van der Waals surface area contributed by atoms with Crippen LogP contribution in [0, 0.1) is 0 Å². The van der Waals surface area contributed by atoms with Gasteiger partial charge in [0, 0.05) is 6.26 Å². The SMILES string of the molecule is CCCS(=O)(=O)c1ccc(S(C)(=O)=O)cc1. The minimum Gasteiger partial charge on any atom is -0.224 e. The predicted octanol–water partition coefficient (Wildman–Crippen LogP) is 1.27. The first-order valence-corrected chi connectivity index (χ1v) is 8.34. The monoisotopic (exact) mass is 262 g/mol. The Morgan fingerprint density at radius 3 is 1.75 bits per heavy atom. The average Bonchev–Trinajstić information content (AvgIpc) is 2.16. The predicted molar refractivity (Wildman–Crippen MR) is 61.9 cm³/mol. The van der Waals surface area contributed by atoms with Crippen LogP contribution in [0.25, 0.3) is 0 Å². The van der Waals surface area contributed by atoms with Crippen LogP contribution in [-0.2, 0) is 19.7 Å². The maximum absolute atomic E-state index is 11.6. The lowest BCUT2D eigenvalue weighted by molar-refractivity contribution is 0.593. The second kappa shape index (κ2) is 4.55. The van der Waals surface area contributed by atoms with Crippen molar-refractivity contribution >= 4 is 19.7 Å². The van der Waals surface area contributed by atoms with E-state index in [0.717, 1.165) is 6.26 Å². The van der Waals surface area contributed by atoms with Crippen molar-refractivity contribution in [2.75, 3.05) is 12.0 Å². The number of rotatable bonds is 4. The van der Waals surface area contributed by atoms with Crippen LogP contribution >= 0.6 is 0 Å². The molecule has 0 N–H and O–H groups in total. The summed E-state index contributed by atoms with van der Waals surface area (Å²) in [5.41, 5.74) is 0. The van der Waals surface area contributed by atoms with Gasteiger partial charge in [0.15, 0.2) is 19.7 Å². The Labute approximate surface area is 96.1 Å². The molecule has 0 amide bonds. The maximum Gasteiger partial charge on any atom is 0.178 e. The Hall–Kier alpha value is -0.880. The van der Waals surface area contributed by atoms with E-state index in [9.17, 15) is 16.8 Å². The van der Waals surface area contributed by atoms with E-state index in [1.165, 1.54) is 24.3 Å². The molecule has 4 nitrogen and oxygen atoms in total. The van der Waals surface area contributed by atoms with Crippen LogP contribution in [0.3, 0.4) is 0 Å². The third-order valence-electron chi connectivity index (χ3n) is 2.08. The highest BCUT2D eigenvalue weighted by molar-refractivity contribution is 7.91. The zero-order valence-electron chi connectivity index (χ0n) is 9.17. The minimum absolute atomic E-state index is 0.0746. The maximum atomic E-state index is 11.6. The summed E-state index contributed by atoms with van der Waals surface area (Å²) in [6.07, 6.45) is 1.62. The van der Waals surface area contributed by atoms with Gasteiger partial charge in [0.2, 0.25) is 0 Å². The van der Waals surface area contributed by atoms with E-state index in [4.69, 9.17) is 0 Å². The highest BCUT2D eigenvalue weighted by Gasteiger charge is 2.14. The summed E-state index contributed by atoms with van der Waals surface area (Å²) in [6, 6.07) is 5.30. The van der Waals surface area contributed by atoms with E-state index in [1.54, 1.807) is 6.92 Å². The fourth-order valence-corrected chi connectivity index (χ4v) is 3.24. The van der Waals surface area contributed by atoms with Gasteiger partial charge in [-0.25, -0.2) is 16.8 Å². The fraction of sp³-hybridized carbons (Fsp3) is 0.400. The summed E-state index contributed by atoms with van der Waals surface area (Å²) in [6.45, 7) is 1.78. The van der Waals surface area contributed by atoms with Crippen LogP contribution < -0.4 is 0 Å². The molecule has 90 valence electrons. The number of hydrogen-bond acceptors (Lipinski definition) is 4. The van der Waals surface area contributed by atoms with Crippen LogP contribution in [0.5, 0.6) is 0 Å². The molecule has 0 unspecified atom stereocenters. The van der Waals surface area contributed by atoms with Crippen molar-refractivity contribution in [3.05, 3.63) is 24.3 Å². The van der Waals surface area contributed by atoms with Crippen LogP contribution in [-0.4, -0.2) is 28.8 Å². The van der Waals surface area contributed by atoms with Gasteiger partial charge in [-0.15, -0.1) is 0 Å². The van der Waals surface area contributed by atoms with Gasteiger partial charge < -0.3 is 0 Å². The Kier molecular flexibility index (Phi) is 3.75. The molecule has 0 aliphatic rings. The molecule has 0 saturated heterocycles. The van der Waals surface area contributed by atoms with Crippen molar-refractivity contribution in [1.29, 1.82) is 0 Å². The van der Waals surface area contributed by atoms with Gasteiger partial charge in [-0.05, 0) is 30.7 Å². The van der Waals surface area contributed by atoms with Gasteiger partial charge in [-0.1, -0.05) is 6.92 Å². The van der Waals surface area contributed by atoms with Crippen LogP contribution in [0.2, 0.25) is 0 Å². The molecular weight excluding hydrogens is 248 g/mol. The van der Waals surface area contributed by atoms with E-state index in [-0.39, 0.29) is 15.5 Å². The molecule has 0 aromatic heterocycles. The van der Waals surface area contributed by atoms with E-state index in [0.29, 0.717) is 6.42 Å². The lowest BCUT2D eigenvalue weighted by Crippen LogP contribution is -2.06. The summed E-state index contributed by atoms with van der Waals surface area (Å²) in [7, 11) is -6.54. The van der Waals surface area contributed by atoms with Crippen LogP contribution in [0.1, 0.15) is 13.3 Å². The Bertz CT molecular complexity index is 553. The first-order chi connectivity index (χ1) is 7.27. The molecule has 0 atom stereocenters. The summed E-state index contributed by atoms with van der Waals surface area (Å²) in [5, 5.41) is 0. The smallest absolute Gasteiger partial charge is 0.178 e.